The Bertz CT molecular complexity index is 228. The third-order valence-electron chi connectivity index (χ3n) is 4.45. The third-order valence-corrected chi connectivity index (χ3v) is 4.72. The van der Waals surface area contributed by atoms with E-state index < -0.39 is 0 Å². The largest absolute Gasteiger partial charge is 0.343 e. The minimum atomic E-state index is 0.330. The zero-order valence-electron chi connectivity index (χ0n) is 11.3. The molecule has 1 amide bonds. The van der Waals surface area contributed by atoms with Crippen LogP contribution in [0.3, 0.4) is 0 Å². The van der Waals surface area contributed by atoms with Gasteiger partial charge in [0.2, 0.25) is 5.91 Å². The predicted octanol–water partition coefficient (Wildman–Crippen LogP) is 3.82. The van der Waals surface area contributed by atoms with Crippen LogP contribution in [0.2, 0.25) is 0 Å². The zero-order chi connectivity index (χ0) is 12.7. The maximum atomic E-state index is 11.9. The van der Waals surface area contributed by atoms with Gasteiger partial charge < -0.3 is 4.90 Å². The number of piperidine rings is 1. The lowest BCUT2D eigenvalue weighted by molar-refractivity contribution is -0.133. The van der Waals surface area contributed by atoms with Gasteiger partial charge in [-0.2, -0.15) is 0 Å². The quantitative estimate of drug-likeness (QED) is 0.525. The molecule has 100 valence electrons. The van der Waals surface area contributed by atoms with Crippen molar-refractivity contribution < 1.29 is 4.79 Å². The first-order chi connectivity index (χ1) is 8.17. The summed E-state index contributed by atoms with van der Waals surface area (Å²) in [6.45, 7) is 6.48. The summed E-state index contributed by atoms with van der Waals surface area (Å²) in [6.07, 6.45) is 7.43. The molecule has 0 radical (unpaired) electrons. The first-order valence-corrected chi connectivity index (χ1v) is 7.54. The molecular formula is C14H26ClNO. The highest BCUT2D eigenvalue weighted by atomic mass is 35.5. The Morgan fingerprint density at radius 3 is 2.24 bits per heavy atom. The van der Waals surface area contributed by atoms with Crippen LogP contribution in [0.25, 0.3) is 0 Å². The highest BCUT2D eigenvalue weighted by Gasteiger charge is 2.32. The number of rotatable bonds is 6. The van der Waals surface area contributed by atoms with E-state index in [1.54, 1.807) is 0 Å². The lowest BCUT2D eigenvalue weighted by atomic mass is 9.74. The summed E-state index contributed by atoms with van der Waals surface area (Å²) in [5, 5.41) is 0. The van der Waals surface area contributed by atoms with E-state index in [0.717, 1.165) is 25.9 Å². The molecule has 0 N–H and O–H groups in total. The maximum absolute atomic E-state index is 11.9. The van der Waals surface area contributed by atoms with E-state index >= 15 is 0 Å². The van der Waals surface area contributed by atoms with Crippen molar-refractivity contribution in [2.45, 2.75) is 58.8 Å². The van der Waals surface area contributed by atoms with Gasteiger partial charge in [-0.05, 0) is 31.1 Å². The van der Waals surface area contributed by atoms with Crippen LogP contribution in [-0.4, -0.2) is 29.8 Å². The molecule has 2 nitrogen and oxygen atoms in total. The van der Waals surface area contributed by atoms with Gasteiger partial charge in [-0.15, -0.1) is 11.6 Å². The summed E-state index contributed by atoms with van der Waals surface area (Å²) in [5.41, 5.74) is 0.507. The van der Waals surface area contributed by atoms with Crippen molar-refractivity contribution in [3.05, 3.63) is 0 Å². The summed E-state index contributed by atoms with van der Waals surface area (Å²) in [6, 6.07) is 0. The number of carbonyl (C=O) groups excluding carboxylic acids is 1. The van der Waals surface area contributed by atoms with E-state index in [9.17, 15) is 4.79 Å². The van der Waals surface area contributed by atoms with Gasteiger partial charge in [-0.25, -0.2) is 0 Å². The normalized spacial score (nSPS) is 19.4. The van der Waals surface area contributed by atoms with Gasteiger partial charge in [-0.1, -0.05) is 26.7 Å². The second-order valence-electron chi connectivity index (χ2n) is 5.23. The number of alkyl halides is 1. The molecule has 0 unspecified atom stereocenters. The lowest BCUT2D eigenvalue weighted by Gasteiger charge is -2.41. The van der Waals surface area contributed by atoms with Crippen LogP contribution in [0.15, 0.2) is 0 Å². The average molecular weight is 260 g/mol. The molecular weight excluding hydrogens is 234 g/mol. The standard InChI is InChI=1S/C14H26ClNO/c1-3-14(4-2)8-11-16(12-9-14)13(17)7-5-6-10-15/h3-12H2,1-2H3. The van der Waals surface area contributed by atoms with Gasteiger partial charge in [0.15, 0.2) is 0 Å². The van der Waals surface area contributed by atoms with Crippen molar-refractivity contribution in [2.24, 2.45) is 5.41 Å². The molecule has 1 heterocycles. The van der Waals surface area contributed by atoms with E-state index in [1.807, 2.05) is 0 Å². The number of hydrogen-bond donors (Lipinski definition) is 0. The topological polar surface area (TPSA) is 20.3 Å². The molecule has 1 aliphatic rings. The van der Waals surface area contributed by atoms with Gasteiger partial charge in [0, 0.05) is 25.4 Å². The van der Waals surface area contributed by atoms with Crippen LogP contribution in [0.5, 0.6) is 0 Å². The summed E-state index contributed by atoms with van der Waals surface area (Å²) in [5.74, 6) is 0.998. The summed E-state index contributed by atoms with van der Waals surface area (Å²) < 4.78 is 0. The van der Waals surface area contributed by atoms with E-state index in [-0.39, 0.29) is 0 Å². The fourth-order valence-corrected chi connectivity index (χ4v) is 2.91. The van der Waals surface area contributed by atoms with E-state index in [0.29, 0.717) is 23.6 Å². The average Bonchev–Trinajstić information content (AvgIpc) is 2.39. The predicted molar refractivity (Wildman–Crippen MR) is 73.4 cm³/mol. The zero-order valence-corrected chi connectivity index (χ0v) is 12.1. The second kappa shape index (κ2) is 7.25. The molecule has 0 bridgehead atoms. The molecule has 1 rings (SSSR count). The number of unbranched alkanes of at least 4 members (excludes halogenated alkanes) is 1. The minimum absolute atomic E-state index is 0.330. The molecule has 0 aromatic rings. The van der Waals surface area contributed by atoms with Crippen molar-refractivity contribution in [3.8, 4) is 0 Å². The monoisotopic (exact) mass is 259 g/mol. The molecule has 0 atom stereocenters. The number of amides is 1. The third kappa shape index (κ3) is 4.17. The fraction of sp³-hybridized carbons (Fsp3) is 0.929. The van der Waals surface area contributed by atoms with Gasteiger partial charge in [-0.3, -0.25) is 4.79 Å². The van der Waals surface area contributed by atoms with Crippen LogP contribution in [-0.2, 0) is 4.79 Å². The van der Waals surface area contributed by atoms with Gasteiger partial charge in [0.1, 0.15) is 0 Å². The minimum Gasteiger partial charge on any atom is -0.343 e. The van der Waals surface area contributed by atoms with Crippen LogP contribution in [0.4, 0.5) is 0 Å². The molecule has 1 saturated heterocycles. The Kier molecular flexibility index (Phi) is 6.32. The molecule has 17 heavy (non-hydrogen) atoms. The Morgan fingerprint density at radius 1 is 1.18 bits per heavy atom. The van der Waals surface area contributed by atoms with Crippen LogP contribution >= 0.6 is 11.6 Å². The highest BCUT2D eigenvalue weighted by molar-refractivity contribution is 6.17. The van der Waals surface area contributed by atoms with Crippen molar-refractivity contribution in [1.29, 1.82) is 0 Å². The Morgan fingerprint density at radius 2 is 1.76 bits per heavy atom. The van der Waals surface area contributed by atoms with Crippen LogP contribution in [0, 0.1) is 5.41 Å². The number of likely N-dealkylation sites (tertiary alicyclic amines) is 1. The van der Waals surface area contributed by atoms with Gasteiger partial charge >= 0.3 is 0 Å². The van der Waals surface area contributed by atoms with E-state index in [4.69, 9.17) is 11.6 Å². The molecule has 1 fully saturated rings. The van der Waals surface area contributed by atoms with Gasteiger partial charge in [0.05, 0.1) is 0 Å². The maximum Gasteiger partial charge on any atom is 0.222 e. The molecule has 0 aromatic carbocycles. The molecule has 0 aliphatic carbocycles. The number of nitrogens with zero attached hydrogens (tertiary/aromatic N) is 1. The SMILES string of the molecule is CCC1(CC)CCN(C(=O)CCCCCl)CC1. The van der Waals surface area contributed by atoms with Crippen molar-refractivity contribution in [3.63, 3.8) is 0 Å². The number of halogens is 1. The van der Waals surface area contributed by atoms with Crippen molar-refractivity contribution in [1.82, 2.24) is 4.90 Å². The van der Waals surface area contributed by atoms with Crippen LogP contribution < -0.4 is 0 Å². The first-order valence-electron chi connectivity index (χ1n) is 7.01. The molecule has 0 spiro atoms. The highest BCUT2D eigenvalue weighted by Crippen LogP contribution is 2.37. The smallest absolute Gasteiger partial charge is 0.222 e. The number of hydrogen-bond acceptors (Lipinski definition) is 1. The first kappa shape index (κ1) is 14.8. The van der Waals surface area contributed by atoms with Crippen molar-refractivity contribution in [2.75, 3.05) is 19.0 Å². The lowest BCUT2D eigenvalue weighted by Crippen LogP contribution is -2.42. The molecule has 1 aliphatic heterocycles. The Balaban J connectivity index is 2.33. The number of carbonyl (C=O) groups is 1. The van der Waals surface area contributed by atoms with Crippen molar-refractivity contribution >= 4 is 17.5 Å². The summed E-state index contributed by atoms with van der Waals surface area (Å²) in [4.78, 5) is 14.0. The summed E-state index contributed by atoms with van der Waals surface area (Å²) in [7, 11) is 0. The molecule has 0 saturated carbocycles. The van der Waals surface area contributed by atoms with E-state index in [2.05, 4.69) is 18.7 Å². The Labute approximate surface area is 111 Å². The molecule has 0 aromatic heterocycles. The van der Waals surface area contributed by atoms with E-state index in [1.165, 1.54) is 25.7 Å². The Hall–Kier alpha value is -0.240. The summed E-state index contributed by atoms with van der Waals surface area (Å²) >= 11 is 5.62. The van der Waals surface area contributed by atoms with Crippen LogP contribution in [0.1, 0.15) is 58.8 Å². The fourth-order valence-electron chi connectivity index (χ4n) is 2.72. The second-order valence-corrected chi connectivity index (χ2v) is 5.61. The molecule has 3 heteroatoms. The van der Waals surface area contributed by atoms with Gasteiger partial charge in [0.25, 0.3) is 0 Å².